The van der Waals surface area contributed by atoms with Crippen LogP contribution in [0.2, 0.25) is 0 Å². The van der Waals surface area contributed by atoms with Crippen LogP contribution in [0.1, 0.15) is 79.5 Å². The number of fused-ring (bicyclic) bond motifs is 1. The van der Waals surface area contributed by atoms with E-state index in [2.05, 4.69) is 17.2 Å². The van der Waals surface area contributed by atoms with E-state index in [-0.39, 0.29) is 11.9 Å². The maximum Gasteiger partial charge on any atom is 0.272 e. The van der Waals surface area contributed by atoms with Crippen molar-refractivity contribution in [2.45, 2.75) is 64.8 Å². The van der Waals surface area contributed by atoms with Gasteiger partial charge in [0.1, 0.15) is 11.5 Å². The standard InChI is InChI=1S/C20H28N4O2/c1-13(2)24-18(6-9-21-24)20(25)23-10-7-15(8-11-23)19-16-12-14(3)4-5-17(16)22-26-19/h6,9,13-15H,4-5,7-8,10-12H2,1-3H3/t14-/m0/s1. The van der Waals surface area contributed by atoms with E-state index in [9.17, 15) is 4.79 Å². The molecule has 0 radical (unpaired) electrons. The zero-order valence-corrected chi connectivity index (χ0v) is 15.9. The highest BCUT2D eigenvalue weighted by molar-refractivity contribution is 5.92. The summed E-state index contributed by atoms with van der Waals surface area (Å²) in [6.45, 7) is 7.92. The zero-order valence-electron chi connectivity index (χ0n) is 15.9. The summed E-state index contributed by atoms with van der Waals surface area (Å²) in [6, 6.07) is 2.01. The zero-order chi connectivity index (χ0) is 18.3. The normalized spacial score (nSPS) is 21.2. The van der Waals surface area contributed by atoms with Crippen LogP contribution >= 0.6 is 0 Å². The van der Waals surface area contributed by atoms with E-state index in [1.165, 1.54) is 12.0 Å². The third-order valence-corrected chi connectivity index (χ3v) is 5.86. The summed E-state index contributed by atoms with van der Waals surface area (Å²) in [5.41, 5.74) is 3.20. The topological polar surface area (TPSA) is 64.2 Å². The Morgan fingerprint density at radius 3 is 2.77 bits per heavy atom. The molecule has 1 aliphatic heterocycles. The number of nitrogens with zero attached hydrogens (tertiary/aromatic N) is 4. The highest BCUT2D eigenvalue weighted by atomic mass is 16.5. The molecule has 1 amide bonds. The van der Waals surface area contributed by atoms with Gasteiger partial charge in [0.05, 0.1) is 5.69 Å². The lowest BCUT2D eigenvalue weighted by atomic mass is 9.83. The van der Waals surface area contributed by atoms with Crippen LogP contribution in [-0.2, 0) is 12.8 Å². The first-order chi connectivity index (χ1) is 12.5. The van der Waals surface area contributed by atoms with Crippen molar-refractivity contribution < 1.29 is 9.32 Å². The summed E-state index contributed by atoms with van der Waals surface area (Å²) in [7, 11) is 0. The molecule has 0 N–H and O–H groups in total. The fourth-order valence-electron chi connectivity index (χ4n) is 4.33. The molecule has 0 bridgehead atoms. The molecule has 1 atom stereocenters. The van der Waals surface area contributed by atoms with Gasteiger partial charge in [-0.25, -0.2) is 0 Å². The van der Waals surface area contributed by atoms with Crippen LogP contribution in [0.3, 0.4) is 0 Å². The van der Waals surface area contributed by atoms with E-state index >= 15 is 0 Å². The molecule has 140 valence electrons. The van der Waals surface area contributed by atoms with Gasteiger partial charge in [-0.15, -0.1) is 0 Å². The lowest BCUT2D eigenvalue weighted by Crippen LogP contribution is -2.39. The summed E-state index contributed by atoms with van der Waals surface area (Å²) < 4.78 is 7.56. The molecule has 3 heterocycles. The third-order valence-electron chi connectivity index (χ3n) is 5.86. The number of carbonyl (C=O) groups excluding carboxylic acids is 1. The average Bonchev–Trinajstić information content (AvgIpc) is 3.28. The van der Waals surface area contributed by atoms with Gasteiger partial charge in [0, 0.05) is 36.8 Å². The molecular formula is C20H28N4O2. The minimum absolute atomic E-state index is 0.0860. The molecule has 0 unspecified atom stereocenters. The Bertz CT molecular complexity index is 784. The van der Waals surface area contributed by atoms with Crippen LogP contribution in [0.15, 0.2) is 16.8 Å². The van der Waals surface area contributed by atoms with Crippen LogP contribution < -0.4 is 0 Å². The van der Waals surface area contributed by atoms with Crippen LogP contribution in [0.4, 0.5) is 0 Å². The van der Waals surface area contributed by atoms with Crippen LogP contribution in [0, 0.1) is 5.92 Å². The second-order valence-electron chi connectivity index (χ2n) is 8.14. The predicted octanol–water partition coefficient (Wildman–Crippen LogP) is 3.60. The van der Waals surface area contributed by atoms with Gasteiger partial charge in [-0.3, -0.25) is 9.48 Å². The first kappa shape index (κ1) is 17.3. The maximum atomic E-state index is 12.9. The van der Waals surface area contributed by atoms with Gasteiger partial charge in [-0.05, 0) is 57.9 Å². The number of aromatic nitrogens is 3. The van der Waals surface area contributed by atoms with Gasteiger partial charge < -0.3 is 9.42 Å². The van der Waals surface area contributed by atoms with E-state index in [0.717, 1.165) is 50.2 Å². The second kappa shape index (κ2) is 6.89. The van der Waals surface area contributed by atoms with Gasteiger partial charge in [-0.1, -0.05) is 12.1 Å². The van der Waals surface area contributed by atoms with Crippen molar-refractivity contribution in [1.29, 1.82) is 0 Å². The fraction of sp³-hybridized carbons (Fsp3) is 0.650. The van der Waals surface area contributed by atoms with Crippen molar-refractivity contribution in [3.05, 3.63) is 35.0 Å². The Hall–Kier alpha value is -2.11. The maximum absolute atomic E-state index is 12.9. The van der Waals surface area contributed by atoms with Gasteiger partial charge in [0.2, 0.25) is 0 Å². The summed E-state index contributed by atoms with van der Waals surface area (Å²) in [4.78, 5) is 14.8. The fourth-order valence-corrected chi connectivity index (χ4v) is 4.33. The number of hydrogen-bond acceptors (Lipinski definition) is 4. The van der Waals surface area contributed by atoms with E-state index in [0.29, 0.717) is 17.5 Å². The summed E-state index contributed by atoms with van der Waals surface area (Å²) in [5.74, 6) is 2.27. The lowest BCUT2D eigenvalue weighted by Gasteiger charge is -2.32. The molecule has 1 aliphatic carbocycles. The quantitative estimate of drug-likeness (QED) is 0.843. The van der Waals surface area contributed by atoms with Crippen molar-refractivity contribution in [3.63, 3.8) is 0 Å². The smallest absolute Gasteiger partial charge is 0.272 e. The Kier molecular flexibility index (Phi) is 4.59. The molecule has 6 nitrogen and oxygen atoms in total. The number of aryl methyl sites for hydroxylation is 1. The van der Waals surface area contributed by atoms with Crippen molar-refractivity contribution in [2.24, 2.45) is 5.92 Å². The van der Waals surface area contributed by atoms with E-state index in [1.807, 2.05) is 29.5 Å². The Morgan fingerprint density at radius 1 is 1.27 bits per heavy atom. The molecule has 2 aromatic rings. The molecule has 2 aliphatic rings. The third kappa shape index (κ3) is 3.06. The van der Waals surface area contributed by atoms with E-state index in [1.54, 1.807) is 6.20 Å². The average molecular weight is 356 g/mol. The molecule has 6 heteroatoms. The number of piperidine rings is 1. The largest absolute Gasteiger partial charge is 0.361 e. The van der Waals surface area contributed by atoms with E-state index < -0.39 is 0 Å². The molecule has 26 heavy (non-hydrogen) atoms. The molecule has 0 saturated carbocycles. The first-order valence-electron chi connectivity index (χ1n) is 9.84. The number of hydrogen-bond donors (Lipinski definition) is 0. The number of rotatable bonds is 3. The Labute approximate surface area is 154 Å². The Balaban J connectivity index is 1.44. The molecule has 0 aromatic carbocycles. The Morgan fingerprint density at radius 2 is 2.04 bits per heavy atom. The molecule has 4 rings (SSSR count). The summed E-state index contributed by atoms with van der Waals surface area (Å²) in [5, 5.41) is 8.61. The minimum atomic E-state index is 0.0860. The monoisotopic (exact) mass is 356 g/mol. The van der Waals surface area contributed by atoms with E-state index in [4.69, 9.17) is 4.52 Å². The highest BCUT2D eigenvalue weighted by Crippen LogP contribution is 2.36. The lowest BCUT2D eigenvalue weighted by molar-refractivity contribution is 0.0691. The highest BCUT2D eigenvalue weighted by Gasteiger charge is 2.32. The van der Waals surface area contributed by atoms with Gasteiger partial charge >= 0.3 is 0 Å². The van der Waals surface area contributed by atoms with Crippen LogP contribution in [0.25, 0.3) is 0 Å². The molecular weight excluding hydrogens is 328 g/mol. The summed E-state index contributed by atoms with van der Waals surface area (Å²) in [6.07, 6.45) is 6.92. The minimum Gasteiger partial charge on any atom is -0.361 e. The van der Waals surface area contributed by atoms with Gasteiger partial charge in [-0.2, -0.15) is 5.10 Å². The summed E-state index contributed by atoms with van der Waals surface area (Å²) >= 11 is 0. The second-order valence-corrected chi connectivity index (χ2v) is 8.14. The molecule has 1 fully saturated rings. The van der Waals surface area contributed by atoms with Crippen molar-refractivity contribution in [3.8, 4) is 0 Å². The first-order valence-corrected chi connectivity index (χ1v) is 9.84. The SMILES string of the molecule is CC(C)n1nccc1C(=O)N1CCC(c2onc3c2C[C@@H](C)CC3)CC1. The van der Waals surface area contributed by atoms with Crippen LogP contribution in [-0.4, -0.2) is 38.8 Å². The van der Waals surface area contributed by atoms with Gasteiger partial charge in [0.15, 0.2) is 0 Å². The molecule has 0 spiro atoms. The van der Waals surface area contributed by atoms with Crippen LogP contribution in [0.5, 0.6) is 0 Å². The number of carbonyl (C=O) groups is 1. The van der Waals surface area contributed by atoms with Crippen molar-refractivity contribution in [2.75, 3.05) is 13.1 Å². The number of likely N-dealkylation sites (tertiary alicyclic amines) is 1. The molecule has 1 saturated heterocycles. The predicted molar refractivity (Wildman–Crippen MR) is 98.2 cm³/mol. The molecule has 2 aromatic heterocycles. The number of amides is 1. The van der Waals surface area contributed by atoms with Gasteiger partial charge in [0.25, 0.3) is 5.91 Å². The van der Waals surface area contributed by atoms with Crippen molar-refractivity contribution >= 4 is 5.91 Å². The van der Waals surface area contributed by atoms with Crippen molar-refractivity contribution in [1.82, 2.24) is 19.8 Å².